The Morgan fingerprint density at radius 1 is 1.71 bits per heavy atom. The van der Waals surface area contributed by atoms with Crippen molar-refractivity contribution in [2.24, 2.45) is 0 Å². The molecule has 1 N–H and O–H groups in total. The number of likely N-dealkylation sites (N-methyl/N-ethyl adjacent to an activating group) is 1. The summed E-state index contributed by atoms with van der Waals surface area (Å²) in [5.41, 5.74) is 0. The molecule has 1 aliphatic heterocycles. The number of hydrogen-bond acceptors (Lipinski definition) is 2. The fraction of sp³-hybridized carbons (Fsp3) is 0.600. The van der Waals surface area contributed by atoms with Gasteiger partial charge in [-0.25, -0.2) is 0 Å². The molecule has 0 aromatic heterocycles. The van der Waals surface area contributed by atoms with Crippen molar-refractivity contribution in [3.8, 4) is 0 Å². The number of rotatable bonds is 1. The summed E-state index contributed by atoms with van der Waals surface area (Å²) in [6, 6.07) is 0. The van der Waals surface area contributed by atoms with Crippen LogP contribution >= 0.6 is 11.8 Å². The summed E-state index contributed by atoms with van der Waals surface area (Å²) in [6.45, 7) is 2.15. The van der Waals surface area contributed by atoms with Crippen LogP contribution in [0.1, 0.15) is 6.92 Å². The predicted octanol–water partition coefficient (Wildman–Crippen LogP) is 1.18. The average molecular weight is 115 g/mol. The van der Waals surface area contributed by atoms with E-state index >= 15 is 0 Å². The maximum Gasteiger partial charge on any atom is 0.0849 e. The van der Waals surface area contributed by atoms with Crippen LogP contribution in [0.4, 0.5) is 0 Å². The fourth-order valence-electron chi connectivity index (χ4n) is 0.414. The molecule has 0 bridgehead atoms. The van der Waals surface area contributed by atoms with Gasteiger partial charge in [-0.3, -0.25) is 0 Å². The van der Waals surface area contributed by atoms with Crippen molar-refractivity contribution in [2.75, 3.05) is 7.05 Å². The molecule has 1 unspecified atom stereocenters. The van der Waals surface area contributed by atoms with Gasteiger partial charge in [0.15, 0.2) is 0 Å². The lowest BCUT2D eigenvalue weighted by atomic mass is 10.3. The molecule has 7 heavy (non-hydrogen) atoms. The molecule has 0 aliphatic carbocycles. The molecule has 0 spiro atoms. The van der Waals surface area contributed by atoms with E-state index < -0.39 is 0 Å². The molecule has 0 aromatic rings. The molecule has 2 heteroatoms. The molecular formula is C5H9NS. The highest BCUT2D eigenvalue weighted by Crippen LogP contribution is 2.33. The van der Waals surface area contributed by atoms with Gasteiger partial charge in [0.1, 0.15) is 0 Å². The smallest absolute Gasteiger partial charge is 0.0849 e. The third kappa shape index (κ3) is 0.813. The van der Waals surface area contributed by atoms with Crippen LogP contribution in [0.5, 0.6) is 0 Å². The molecule has 0 saturated carbocycles. The number of nitrogens with one attached hydrogen (secondary N) is 1. The van der Waals surface area contributed by atoms with E-state index in [0.29, 0.717) is 0 Å². The molecule has 0 saturated heterocycles. The molecule has 0 aromatic carbocycles. The first-order valence-corrected chi connectivity index (χ1v) is 3.19. The summed E-state index contributed by atoms with van der Waals surface area (Å²) in [5.74, 6) is 0. The van der Waals surface area contributed by atoms with Gasteiger partial charge in [0, 0.05) is 0 Å². The molecule has 0 radical (unpaired) electrons. The minimum Gasteiger partial charge on any atom is -0.303 e. The molecule has 1 rings (SSSR count). The van der Waals surface area contributed by atoms with Crippen molar-refractivity contribution in [3.63, 3.8) is 0 Å². The number of thioether (sulfide) groups is 1. The van der Waals surface area contributed by atoms with E-state index in [2.05, 4.69) is 23.7 Å². The molecule has 0 amide bonds. The number of hydrogen-bond donors (Lipinski definition) is 1. The normalized spacial score (nSPS) is 38.0. The molecule has 1 heterocycles. The van der Waals surface area contributed by atoms with Gasteiger partial charge in [-0.15, -0.1) is 11.8 Å². The summed E-state index contributed by atoms with van der Waals surface area (Å²) >= 11 is 1.82. The first-order valence-electron chi connectivity index (χ1n) is 2.31. The summed E-state index contributed by atoms with van der Waals surface area (Å²) in [4.78, 5) is 0.250. The van der Waals surface area contributed by atoms with Crippen LogP contribution in [0.3, 0.4) is 0 Å². The van der Waals surface area contributed by atoms with Crippen molar-refractivity contribution in [2.45, 2.75) is 11.8 Å². The van der Waals surface area contributed by atoms with Gasteiger partial charge in [0.2, 0.25) is 0 Å². The summed E-state index contributed by atoms with van der Waals surface area (Å²) in [7, 11) is 1.97. The van der Waals surface area contributed by atoms with E-state index in [9.17, 15) is 0 Å². The summed E-state index contributed by atoms with van der Waals surface area (Å²) in [6.07, 6.45) is 2.15. The Hall–Kier alpha value is 0.0500. The lowest BCUT2D eigenvalue weighted by Gasteiger charge is -2.29. The van der Waals surface area contributed by atoms with Crippen molar-refractivity contribution in [3.05, 3.63) is 11.5 Å². The Morgan fingerprint density at radius 3 is 2.29 bits per heavy atom. The average Bonchev–Trinajstić information content (AvgIpc) is 1.61. The van der Waals surface area contributed by atoms with E-state index in [1.165, 1.54) is 0 Å². The minimum atomic E-state index is 0.250. The van der Waals surface area contributed by atoms with Crippen LogP contribution in [-0.4, -0.2) is 11.9 Å². The molecule has 1 aliphatic rings. The zero-order chi connectivity index (χ0) is 5.33. The molecular weight excluding hydrogens is 106 g/mol. The highest BCUT2D eigenvalue weighted by atomic mass is 32.2. The van der Waals surface area contributed by atoms with Gasteiger partial charge in [-0.2, -0.15) is 0 Å². The van der Waals surface area contributed by atoms with Gasteiger partial charge in [0.05, 0.1) is 4.87 Å². The molecule has 0 fully saturated rings. The predicted molar refractivity (Wildman–Crippen MR) is 34.2 cm³/mol. The summed E-state index contributed by atoms with van der Waals surface area (Å²) < 4.78 is 0. The zero-order valence-corrected chi connectivity index (χ0v) is 5.38. The van der Waals surface area contributed by atoms with Crippen LogP contribution in [-0.2, 0) is 0 Å². The van der Waals surface area contributed by atoms with Crippen molar-refractivity contribution in [1.29, 1.82) is 0 Å². The Labute approximate surface area is 48.2 Å². The van der Waals surface area contributed by atoms with E-state index in [-0.39, 0.29) is 4.87 Å². The van der Waals surface area contributed by atoms with Crippen molar-refractivity contribution < 1.29 is 0 Å². The van der Waals surface area contributed by atoms with Gasteiger partial charge >= 0.3 is 0 Å². The van der Waals surface area contributed by atoms with Crippen LogP contribution < -0.4 is 5.32 Å². The van der Waals surface area contributed by atoms with Crippen LogP contribution in [0.25, 0.3) is 0 Å². The fourth-order valence-corrected chi connectivity index (χ4v) is 1.08. The van der Waals surface area contributed by atoms with Crippen LogP contribution in [0.15, 0.2) is 11.5 Å². The third-order valence-electron chi connectivity index (χ3n) is 1.20. The zero-order valence-electron chi connectivity index (χ0n) is 4.56. The Kier molecular flexibility index (Phi) is 1.13. The van der Waals surface area contributed by atoms with Gasteiger partial charge in [0.25, 0.3) is 0 Å². The quantitative estimate of drug-likeness (QED) is 0.550. The van der Waals surface area contributed by atoms with Crippen molar-refractivity contribution in [1.82, 2.24) is 5.32 Å². The largest absolute Gasteiger partial charge is 0.303 e. The highest BCUT2D eigenvalue weighted by Gasteiger charge is 2.22. The van der Waals surface area contributed by atoms with Gasteiger partial charge in [-0.05, 0) is 25.5 Å². The second kappa shape index (κ2) is 1.53. The van der Waals surface area contributed by atoms with Crippen LogP contribution in [0, 0.1) is 0 Å². The molecule has 1 nitrogen and oxygen atoms in total. The monoisotopic (exact) mass is 115 g/mol. The maximum absolute atomic E-state index is 3.15. The highest BCUT2D eigenvalue weighted by molar-refractivity contribution is 8.04. The Morgan fingerprint density at radius 2 is 2.29 bits per heavy atom. The van der Waals surface area contributed by atoms with E-state index in [1.807, 2.05) is 18.8 Å². The van der Waals surface area contributed by atoms with Crippen LogP contribution in [0.2, 0.25) is 0 Å². The van der Waals surface area contributed by atoms with E-state index in [0.717, 1.165) is 0 Å². The molecule has 40 valence electrons. The minimum absolute atomic E-state index is 0.250. The first kappa shape index (κ1) is 5.19. The lowest BCUT2D eigenvalue weighted by molar-refractivity contribution is 0.664. The van der Waals surface area contributed by atoms with Gasteiger partial charge in [-0.1, -0.05) is 0 Å². The van der Waals surface area contributed by atoms with E-state index in [1.54, 1.807) is 0 Å². The lowest BCUT2D eigenvalue weighted by Crippen LogP contribution is -2.36. The molecule has 1 atom stereocenters. The summed E-state index contributed by atoms with van der Waals surface area (Å²) in [5, 5.41) is 5.25. The maximum atomic E-state index is 3.15. The second-order valence-corrected chi connectivity index (χ2v) is 3.13. The van der Waals surface area contributed by atoms with Gasteiger partial charge < -0.3 is 5.32 Å². The topological polar surface area (TPSA) is 12.0 Å². The Bertz CT molecular complexity index is 100. The first-order chi connectivity index (χ1) is 3.27. The third-order valence-corrected chi connectivity index (χ3v) is 2.30. The van der Waals surface area contributed by atoms with E-state index in [4.69, 9.17) is 0 Å². The SMILES string of the molecule is CNC1(C)C=CS1. The van der Waals surface area contributed by atoms with Crippen molar-refractivity contribution >= 4 is 11.8 Å². The Balaban J connectivity index is 2.47. The standard InChI is InChI=1S/C5H9NS/c1-5(6-2)3-4-7-5/h3-4,6H,1-2H3. The second-order valence-electron chi connectivity index (χ2n) is 1.78.